The fourth-order valence-electron chi connectivity index (χ4n) is 16.2. The molecule has 3 heterocycles. The second-order valence-corrected chi connectivity index (χ2v) is 25.2. The molecule has 0 radical (unpaired) electrons. The summed E-state index contributed by atoms with van der Waals surface area (Å²) in [5.41, 5.74) is 20.2. The number of para-hydroxylation sites is 3. The summed E-state index contributed by atoms with van der Waals surface area (Å²) in [6.45, 7) is 0. The zero-order chi connectivity index (χ0) is 60.8. The van der Waals surface area contributed by atoms with Crippen molar-refractivity contribution in [1.82, 2.24) is 4.57 Å². The van der Waals surface area contributed by atoms with Gasteiger partial charge in [-0.1, -0.05) is 273 Å². The van der Waals surface area contributed by atoms with Crippen LogP contribution >= 0.6 is 0 Å². The van der Waals surface area contributed by atoms with Gasteiger partial charge in [0.15, 0.2) is 0 Å². The van der Waals surface area contributed by atoms with Crippen molar-refractivity contribution in [2.24, 2.45) is 0 Å². The van der Waals surface area contributed by atoms with Crippen molar-refractivity contribution in [2.75, 3.05) is 0 Å². The van der Waals surface area contributed by atoms with Crippen LogP contribution < -0.4 is 4.74 Å². The molecular weight excluding hydrogens is 1130 g/mol. The molecule has 0 bridgehead atoms. The summed E-state index contributed by atoms with van der Waals surface area (Å²) in [4.78, 5) is 0. The van der Waals surface area contributed by atoms with E-state index in [0.29, 0.717) is 0 Å². The van der Waals surface area contributed by atoms with Gasteiger partial charge in [0.1, 0.15) is 23.0 Å². The van der Waals surface area contributed by atoms with Gasteiger partial charge >= 0.3 is 0 Å². The van der Waals surface area contributed by atoms with Gasteiger partial charge in [-0.3, -0.25) is 0 Å². The number of hydrogen-bond donors (Lipinski definition) is 0. The molecule has 0 saturated heterocycles. The Bertz CT molecular complexity index is 6220. The van der Waals surface area contributed by atoms with Gasteiger partial charge in [-0.2, -0.15) is 0 Å². The maximum Gasteiger partial charge on any atom is 0.143 e. The number of benzene rings is 16. The van der Waals surface area contributed by atoms with Gasteiger partial charge in [-0.25, -0.2) is 0 Å². The molecule has 18 aromatic rings. The Balaban J connectivity index is 0.755. The fourth-order valence-corrected chi connectivity index (χ4v) is 16.2. The van der Waals surface area contributed by atoms with E-state index in [9.17, 15) is 0 Å². The lowest BCUT2D eigenvalue weighted by atomic mass is 9.82. The Kier molecular flexibility index (Phi) is 11.3. The van der Waals surface area contributed by atoms with Crippen LogP contribution in [-0.2, 0) is 0 Å². The predicted octanol–water partition coefficient (Wildman–Crippen LogP) is 24.4. The van der Waals surface area contributed by atoms with Crippen molar-refractivity contribution in [2.45, 2.75) is 12.0 Å². The Hall–Kier alpha value is -12.0. The molecule has 0 spiro atoms. The Morgan fingerprint density at radius 3 is 1.35 bits per heavy atom. The zero-order valence-electron chi connectivity index (χ0n) is 50.5. The van der Waals surface area contributed by atoms with Gasteiger partial charge in [0.2, 0.25) is 0 Å². The van der Waals surface area contributed by atoms with Gasteiger partial charge in [0, 0.05) is 61.0 Å². The maximum absolute atomic E-state index is 7.41. The minimum absolute atomic E-state index is 0.0584. The van der Waals surface area contributed by atoms with Crippen LogP contribution in [0.3, 0.4) is 0 Å². The van der Waals surface area contributed by atoms with Crippen LogP contribution in [0.15, 0.2) is 326 Å². The maximum atomic E-state index is 7.41. The molecule has 0 fully saturated rings. The lowest BCUT2D eigenvalue weighted by Gasteiger charge is -2.24. The van der Waals surface area contributed by atoms with E-state index in [4.69, 9.17) is 9.15 Å². The second-order valence-electron chi connectivity index (χ2n) is 25.2. The first kappa shape index (κ1) is 51.8. The molecule has 1 aliphatic heterocycles. The van der Waals surface area contributed by atoms with E-state index < -0.39 is 0 Å². The van der Waals surface area contributed by atoms with E-state index in [1.165, 1.54) is 104 Å². The molecule has 2 atom stereocenters. The lowest BCUT2D eigenvalue weighted by Crippen LogP contribution is -2.21. The fraction of sp³-hybridized carbons (Fsp3) is 0.0222. The minimum atomic E-state index is -0.186. The van der Waals surface area contributed by atoms with Gasteiger partial charge < -0.3 is 13.7 Å². The highest BCUT2D eigenvalue weighted by Gasteiger charge is 2.39. The van der Waals surface area contributed by atoms with Crippen LogP contribution in [0.2, 0.25) is 0 Å². The number of aromatic nitrogens is 1. The van der Waals surface area contributed by atoms with E-state index in [2.05, 4.69) is 326 Å². The Labute approximate surface area is 536 Å². The molecule has 3 heteroatoms. The first-order valence-electron chi connectivity index (χ1n) is 32.3. The summed E-state index contributed by atoms with van der Waals surface area (Å²) in [6, 6.07) is 112. The van der Waals surface area contributed by atoms with Crippen molar-refractivity contribution < 1.29 is 9.15 Å². The van der Waals surface area contributed by atoms with E-state index >= 15 is 0 Å². The third-order valence-corrected chi connectivity index (χ3v) is 20.3. The molecule has 2 aromatic heterocycles. The molecule has 1 aliphatic carbocycles. The summed E-state index contributed by atoms with van der Waals surface area (Å²) in [5, 5.41) is 19.3. The first-order chi connectivity index (χ1) is 46.1. The highest BCUT2D eigenvalue weighted by atomic mass is 16.5. The monoisotopic (exact) mass is 1180 g/mol. The van der Waals surface area contributed by atoms with Gasteiger partial charge in [0.05, 0.1) is 11.0 Å². The van der Waals surface area contributed by atoms with Gasteiger partial charge in [-0.05, 0) is 158 Å². The summed E-state index contributed by atoms with van der Waals surface area (Å²) in [6.07, 6.45) is 6.65. The average Bonchev–Trinajstić information content (AvgIpc) is 1.71. The smallest absolute Gasteiger partial charge is 0.143 e. The highest BCUT2D eigenvalue weighted by Crippen LogP contribution is 2.53. The first-order valence-corrected chi connectivity index (χ1v) is 32.3. The summed E-state index contributed by atoms with van der Waals surface area (Å²) < 4.78 is 17.2. The van der Waals surface area contributed by atoms with Crippen LogP contribution in [0.1, 0.15) is 17.0 Å². The van der Waals surface area contributed by atoms with Gasteiger partial charge in [-0.15, -0.1) is 0 Å². The van der Waals surface area contributed by atoms with Crippen LogP contribution in [0.25, 0.3) is 175 Å². The minimum Gasteiger partial charge on any atom is -0.484 e. The molecular formula is C90H55NO2. The molecule has 20 rings (SSSR count). The molecule has 0 N–H and O–H groups in total. The summed E-state index contributed by atoms with van der Waals surface area (Å²) in [7, 11) is 0. The number of ether oxygens (including phenoxy) is 1. The van der Waals surface area contributed by atoms with Crippen molar-refractivity contribution >= 4 is 114 Å². The summed E-state index contributed by atoms with van der Waals surface area (Å²) >= 11 is 0. The standard InChI is InChI=1S/C90H55NO2/c1-2-20-54(21-3-1)85-69-30-12-14-32-71(69)86(72-33-15-13-31-70(72)85)55-42-46-60(47-43-55)91-83-48-44-58(63-34-16-36-73-75-38-18-40-77(89(75)92-87(63)73)79-50-56-22-4-6-24-61(56)65-26-8-10-28-67(65)79)52-81(83)82-53-59(45-49-84(82)91)64-35-17-37-74-76-39-19-41-78(90(76)93-88(64)74)80-51-57-23-5-7-25-62(57)66-27-9-11-29-68(66)80/h1-53,75,89H. The van der Waals surface area contributed by atoms with E-state index in [1.807, 2.05) is 0 Å². The number of allylic oxidation sites excluding steroid dienone is 2. The molecule has 93 heavy (non-hydrogen) atoms. The van der Waals surface area contributed by atoms with Crippen molar-refractivity contribution in [3.05, 3.63) is 333 Å². The molecule has 2 unspecified atom stereocenters. The molecule has 0 saturated carbocycles. The quantitative estimate of drug-likeness (QED) is 0.117. The van der Waals surface area contributed by atoms with Crippen LogP contribution in [-0.4, -0.2) is 10.7 Å². The zero-order valence-corrected chi connectivity index (χ0v) is 50.5. The van der Waals surface area contributed by atoms with E-state index in [0.717, 1.165) is 88.6 Å². The highest BCUT2D eigenvalue weighted by molar-refractivity contribution is 6.23. The van der Waals surface area contributed by atoms with E-state index in [1.54, 1.807) is 0 Å². The van der Waals surface area contributed by atoms with Crippen LogP contribution in [0, 0.1) is 0 Å². The number of hydrogen-bond acceptors (Lipinski definition) is 2. The number of rotatable bonds is 7. The van der Waals surface area contributed by atoms with Crippen molar-refractivity contribution in [3.8, 4) is 67.1 Å². The third-order valence-electron chi connectivity index (χ3n) is 20.3. The van der Waals surface area contributed by atoms with Crippen LogP contribution in [0.5, 0.6) is 5.75 Å². The average molecular weight is 1180 g/mol. The largest absolute Gasteiger partial charge is 0.484 e. The number of nitrogens with zero attached hydrogens (tertiary/aromatic N) is 1. The number of furan rings is 1. The van der Waals surface area contributed by atoms with Crippen LogP contribution in [0.4, 0.5) is 0 Å². The Morgan fingerprint density at radius 2 is 0.742 bits per heavy atom. The van der Waals surface area contributed by atoms with Gasteiger partial charge in [0.25, 0.3) is 0 Å². The predicted molar refractivity (Wildman–Crippen MR) is 391 cm³/mol. The lowest BCUT2D eigenvalue weighted by molar-refractivity contribution is 0.279. The Morgan fingerprint density at radius 1 is 0.290 bits per heavy atom. The van der Waals surface area contributed by atoms with Crippen molar-refractivity contribution in [1.29, 1.82) is 0 Å². The topological polar surface area (TPSA) is 27.3 Å². The third kappa shape index (κ3) is 7.78. The van der Waals surface area contributed by atoms with Crippen molar-refractivity contribution in [3.63, 3.8) is 0 Å². The van der Waals surface area contributed by atoms with E-state index in [-0.39, 0.29) is 12.0 Å². The molecule has 3 nitrogen and oxygen atoms in total. The summed E-state index contributed by atoms with van der Waals surface area (Å²) in [5.74, 6) is 1.00. The number of fused-ring (bicyclic) bond motifs is 17. The molecule has 0 amide bonds. The second kappa shape index (κ2) is 20.2. The molecule has 432 valence electrons. The normalized spacial score (nSPS) is 14.6. The molecule has 16 aromatic carbocycles. The SMILES string of the molecule is C1=CC2c3cccc(-c4ccc5c(c4)c4cc(-c6cccc7c6oc6c(-c8cc9ccccc9c9ccccc89)cccc67)ccc4n5-c4ccc(-c5c6ccccc6c(-c6ccccc6)c6ccccc56)cc4)c3OC2C(c2cc3ccccc3c3ccccc23)=C1. The molecule has 2 aliphatic rings.